The maximum Gasteiger partial charge on any atom is 0.508 e. The zero-order valence-electron chi connectivity index (χ0n) is 12.3. The molecule has 3 heteroatoms. The minimum absolute atomic E-state index is 0.306. The average Bonchev–Trinajstić information content (AvgIpc) is 2.70. The highest BCUT2D eigenvalue weighted by molar-refractivity contribution is 5.71. The molecule has 0 bridgehead atoms. The molecule has 1 fully saturated rings. The van der Waals surface area contributed by atoms with Crippen molar-refractivity contribution in [3.8, 4) is 11.1 Å². The van der Waals surface area contributed by atoms with Gasteiger partial charge in [-0.05, 0) is 35.1 Å². The summed E-state index contributed by atoms with van der Waals surface area (Å²) < 4.78 is 10.4. The normalized spacial score (nSPS) is 23.5. The highest BCUT2D eigenvalue weighted by Gasteiger charge is 2.31. The fraction of sp³-hybridized carbons (Fsp3) is 0.316. The smallest absolute Gasteiger partial charge is 0.434 e. The summed E-state index contributed by atoms with van der Waals surface area (Å²) in [5, 5.41) is 0. The number of fused-ring (bicyclic) bond motifs is 4. The molecule has 0 aromatic heterocycles. The van der Waals surface area contributed by atoms with Crippen LogP contribution in [-0.2, 0) is 22.3 Å². The third-order valence-electron chi connectivity index (χ3n) is 4.79. The van der Waals surface area contributed by atoms with Crippen LogP contribution in [0, 0.1) is 11.8 Å². The van der Waals surface area contributed by atoms with Crippen molar-refractivity contribution < 1.29 is 14.3 Å². The lowest BCUT2D eigenvalue weighted by atomic mass is 9.77. The first kappa shape index (κ1) is 13.4. The molecule has 2 aromatic carbocycles. The molecule has 0 radical (unpaired) electrons. The van der Waals surface area contributed by atoms with Crippen LogP contribution in [0.5, 0.6) is 0 Å². The minimum atomic E-state index is -0.534. The van der Waals surface area contributed by atoms with Gasteiger partial charge in [0.05, 0.1) is 13.2 Å². The summed E-state index contributed by atoms with van der Waals surface area (Å²) in [6, 6.07) is 17.1. The molecule has 0 saturated carbocycles. The number of carbonyl (C=O) groups excluding carboxylic acids is 1. The van der Waals surface area contributed by atoms with E-state index in [-0.39, 0.29) is 0 Å². The third kappa shape index (κ3) is 2.37. The van der Waals surface area contributed by atoms with Crippen molar-refractivity contribution in [2.75, 3.05) is 13.2 Å². The van der Waals surface area contributed by atoms with Crippen molar-refractivity contribution in [3.63, 3.8) is 0 Å². The van der Waals surface area contributed by atoms with Gasteiger partial charge in [0, 0.05) is 11.8 Å². The molecule has 112 valence electrons. The molecule has 0 amide bonds. The molecule has 1 aliphatic carbocycles. The van der Waals surface area contributed by atoms with Crippen molar-refractivity contribution in [1.82, 2.24) is 0 Å². The first-order valence-electron chi connectivity index (χ1n) is 7.77. The molecule has 0 spiro atoms. The van der Waals surface area contributed by atoms with Gasteiger partial charge in [-0.2, -0.15) is 0 Å². The topological polar surface area (TPSA) is 35.5 Å². The first-order valence-corrected chi connectivity index (χ1v) is 7.77. The fourth-order valence-electron chi connectivity index (χ4n) is 3.60. The Morgan fingerprint density at radius 2 is 1.18 bits per heavy atom. The average molecular weight is 294 g/mol. The Morgan fingerprint density at radius 3 is 1.68 bits per heavy atom. The van der Waals surface area contributed by atoms with E-state index in [1.807, 2.05) is 0 Å². The summed E-state index contributed by atoms with van der Waals surface area (Å²) in [4.78, 5) is 11.4. The Labute approximate surface area is 129 Å². The Kier molecular flexibility index (Phi) is 3.34. The van der Waals surface area contributed by atoms with E-state index in [4.69, 9.17) is 9.47 Å². The van der Waals surface area contributed by atoms with Crippen LogP contribution >= 0.6 is 0 Å². The van der Waals surface area contributed by atoms with E-state index in [0.717, 1.165) is 12.8 Å². The van der Waals surface area contributed by atoms with Crippen LogP contribution in [0.4, 0.5) is 4.79 Å². The second kappa shape index (κ2) is 5.48. The van der Waals surface area contributed by atoms with Gasteiger partial charge in [-0.25, -0.2) is 4.79 Å². The van der Waals surface area contributed by atoms with E-state index in [2.05, 4.69) is 48.5 Å². The quantitative estimate of drug-likeness (QED) is 0.692. The Morgan fingerprint density at radius 1 is 0.727 bits per heavy atom. The van der Waals surface area contributed by atoms with Crippen LogP contribution in [0.15, 0.2) is 48.5 Å². The highest BCUT2D eigenvalue weighted by Crippen LogP contribution is 2.36. The van der Waals surface area contributed by atoms with Crippen LogP contribution < -0.4 is 0 Å². The molecule has 0 unspecified atom stereocenters. The van der Waals surface area contributed by atoms with Crippen LogP contribution in [-0.4, -0.2) is 19.4 Å². The number of benzene rings is 2. The first-order chi connectivity index (χ1) is 10.8. The van der Waals surface area contributed by atoms with E-state index in [0.29, 0.717) is 25.0 Å². The van der Waals surface area contributed by atoms with Crippen LogP contribution in [0.2, 0.25) is 0 Å². The zero-order valence-corrected chi connectivity index (χ0v) is 12.3. The molecule has 2 atom stereocenters. The largest absolute Gasteiger partial charge is 0.508 e. The second-order valence-electron chi connectivity index (χ2n) is 6.11. The zero-order chi connectivity index (χ0) is 14.9. The van der Waals surface area contributed by atoms with Crippen LogP contribution in [0.3, 0.4) is 0 Å². The Balaban J connectivity index is 1.82. The van der Waals surface area contributed by atoms with E-state index >= 15 is 0 Å². The molecular formula is C19H18O3. The Hall–Kier alpha value is -2.29. The molecule has 22 heavy (non-hydrogen) atoms. The summed E-state index contributed by atoms with van der Waals surface area (Å²) in [5.74, 6) is 0.613. The van der Waals surface area contributed by atoms with E-state index in [9.17, 15) is 4.79 Å². The van der Waals surface area contributed by atoms with E-state index in [1.165, 1.54) is 22.3 Å². The summed E-state index contributed by atoms with van der Waals surface area (Å²) in [6.45, 7) is 0.889. The number of ether oxygens (including phenoxy) is 2. The molecule has 2 aromatic rings. The molecule has 2 aliphatic rings. The molecule has 4 rings (SSSR count). The number of hydrogen-bond donors (Lipinski definition) is 0. The fourth-order valence-corrected chi connectivity index (χ4v) is 3.60. The van der Waals surface area contributed by atoms with Gasteiger partial charge in [-0.1, -0.05) is 48.5 Å². The lowest BCUT2D eigenvalue weighted by molar-refractivity contribution is 0.0683. The molecular weight excluding hydrogens is 276 g/mol. The monoisotopic (exact) mass is 294 g/mol. The summed E-state index contributed by atoms with van der Waals surface area (Å²) in [7, 11) is 0. The molecule has 1 aliphatic heterocycles. The van der Waals surface area contributed by atoms with Gasteiger partial charge < -0.3 is 9.47 Å². The number of rotatable bonds is 0. The molecule has 0 N–H and O–H groups in total. The summed E-state index contributed by atoms with van der Waals surface area (Å²) in [6.07, 6.45) is 1.31. The van der Waals surface area contributed by atoms with Gasteiger partial charge in [0.15, 0.2) is 0 Å². The van der Waals surface area contributed by atoms with Gasteiger partial charge >= 0.3 is 6.16 Å². The second-order valence-corrected chi connectivity index (χ2v) is 6.11. The van der Waals surface area contributed by atoms with Crippen molar-refractivity contribution in [2.45, 2.75) is 12.8 Å². The SMILES string of the molecule is O=C1OC[C@@H]2Cc3ccccc3-c3ccccc3C[C@H]2CO1. The van der Waals surface area contributed by atoms with Crippen LogP contribution in [0.25, 0.3) is 11.1 Å². The van der Waals surface area contributed by atoms with Gasteiger partial charge in [-0.3, -0.25) is 0 Å². The minimum Gasteiger partial charge on any atom is -0.434 e. The van der Waals surface area contributed by atoms with Crippen molar-refractivity contribution in [3.05, 3.63) is 59.7 Å². The maximum absolute atomic E-state index is 11.4. The predicted molar refractivity (Wildman–Crippen MR) is 83.6 cm³/mol. The standard InChI is InChI=1S/C19H18O3/c20-19-21-11-15-9-13-5-1-3-7-17(13)18-8-4-2-6-14(18)10-16(15)12-22-19/h1-8,15-16H,9-12H2/t15-,16-/m0/s1. The van der Waals surface area contributed by atoms with Gasteiger partial charge in [0.2, 0.25) is 0 Å². The summed E-state index contributed by atoms with van der Waals surface area (Å²) >= 11 is 0. The lowest BCUT2D eigenvalue weighted by Crippen LogP contribution is -2.26. The number of hydrogen-bond acceptors (Lipinski definition) is 3. The molecule has 3 nitrogen and oxygen atoms in total. The van der Waals surface area contributed by atoms with Gasteiger partial charge in [0.1, 0.15) is 0 Å². The molecule has 1 saturated heterocycles. The van der Waals surface area contributed by atoms with E-state index in [1.54, 1.807) is 0 Å². The van der Waals surface area contributed by atoms with Gasteiger partial charge in [-0.15, -0.1) is 0 Å². The van der Waals surface area contributed by atoms with Gasteiger partial charge in [0.25, 0.3) is 0 Å². The molecule has 1 heterocycles. The summed E-state index contributed by atoms with van der Waals surface area (Å²) in [5.41, 5.74) is 5.24. The highest BCUT2D eigenvalue weighted by atomic mass is 16.7. The lowest BCUT2D eigenvalue weighted by Gasteiger charge is -2.28. The van der Waals surface area contributed by atoms with Crippen molar-refractivity contribution >= 4 is 6.16 Å². The van der Waals surface area contributed by atoms with Crippen molar-refractivity contribution in [2.24, 2.45) is 11.8 Å². The number of cyclic esters (lactones) is 2. The van der Waals surface area contributed by atoms with Crippen LogP contribution in [0.1, 0.15) is 11.1 Å². The predicted octanol–water partition coefficient (Wildman–Crippen LogP) is 3.85. The third-order valence-corrected chi connectivity index (χ3v) is 4.79. The Bertz CT molecular complexity index is 648. The number of carbonyl (C=O) groups is 1. The maximum atomic E-state index is 11.4. The van der Waals surface area contributed by atoms with Crippen molar-refractivity contribution in [1.29, 1.82) is 0 Å². The van der Waals surface area contributed by atoms with E-state index < -0.39 is 6.16 Å².